The fourth-order valence-corrected chi connectivity index (χ4v) is 3.06. The first-order valence-electron chi connectivity index (χ1n) is 6.67. The van der Waals surface area contributed by atoms with Crippen LogP contribution in [0.2, 0.25) is 0 Å². The van der Waals surface area contributed by atoms with Crippen molar-refractivity contribution in [3.63, 3.8) is 0 Å². The highest BCUT2D eigenvalue weighted by molar-refractivity contribution is 5.61. The maximum atomic E-state index is 11.3. The third-order valence-electron chi connectivity index (χ3n) is 3.96. The molecule has 0 amide bonds. The molecule has 2 fully saturated rings. The number of rotatable bonds is 2. The van der Waals surface area contributed by atoms with E-state index in [4.69, 9.17) is 9.47 Å². The van der Waals surface area contributed by atoms with Gasteiger partial charge in [0.05, 0.1) is 24.7 Å². The second-order valence-electron chi connectivity index (χ2n) is 5.39. The average Bonchev–Trinajstić information content (AvgIpc) is 2.94. The molecule has 2 aliphatic rings. The van der Waals surface area contributed by atoms with Gasteiger partial charge in [-0.3, -0.25) is 10.1 Å². The van der Waals surface area contributed by atoms with E-state index in [9.17, 15) is 10.1 Å². The van der Waals surface area contributed by atoms with Crippen molar-refractivity contribution in [2.24, 2.45) is 7.05 Å². The van der Waals surface area contributed by atoms with Crippen molar-refractivity contribution < 1.29 is 14.4 Å². The van der Waals surface area contributed by atoms with Crippen LogP contribution in [0, 0.1) is 17.0 Å². The van der Waals surface area contributed by atoms with Gasteiger partial charge in [0.25, 0.3) is 0 Å². The summed E-state index contributed by atoms with van der Waals surface area (Å²) in [7, 11) is 1.74. The summed E-state index contributed by atoms with van der Waals surface area (Å²) >= 11 is 0. The monoisotopic (exact) mass is 282 g/mol. The smallest absolute Gasteiger partial charge is 0.333 e. The third-order valence-corrected chi connectivity index (χ3v) is 3.96. The Morgan fingerprint density at radius 3 is 2.90 bits per heavy atom. The standard InChI is InChI=1S/C12H18N4O4/c1-9-10(16(17)18)11(14(2)13-9)15-4-6-20-12(7-15)3-5-19-8-12/h3-8H2,1-2H3. The van der Waals surface area contributed by atoms with Gasteiger partial charge in [-0.25, -0.2) is 4.68 Å². The largest absolute Gasteiger partial charge is 0.378 e. The lowest BCUT2D eigenvalue weighted by molar-refractivity contribution is -0.384. The molecule has 1 atom stereocenters. The Morgan fingerprint density at radius 1 is 1.45 bits per heavy atom. The predicted octanol–water partition coefficient (Wildman–Crippen LogP) is 0.632. The molecule has 8 nitrogen and oxygen atoms in total. The lowest BCUT2D eigenvalue weighted by Gasteiger charge is -2.39. The molecule has 0 aromatic carbocycles. The van der Waals surface area contributed by atoms with Gasteiger partial charge in [-0.1, -0.05) is 0 Å². The number of aryl methyl sites for hydroxylation is 2. The highest BCUT2D eigenvalue weighted by Crippen LogP contribution is 2.35. The lowest BCUT2D eigenvalue weighted by Crippen LogP contribution is -2.53. The summed E-state index contributed by atoms with van der Waals surface area (Å²) in [6, 6.07) is 0. The highest BCUT2D eigenvalue weighted by atomic mass is 16.6. The van der Waals surface area contributed by atoms with E-state index in [2.05, 4.69) is 5.10 Å². The molecule has 0 bridgehead atoms. The normalized spacial score (nSPS) is 26.4. The number of ether oxygens (including phenoxy) is 2. The van der Waals surface area contributed by atoms with Gasteiger partial charge in [0, 0.05) is 26.6 Å². The molecular formula is C12H18N4O4. The maximum absolute atomic E-state index is 11.3. The van der Waals surface area contributed by atoms with Crippen molar-refractivity contribution in [2.75, 3.05) is 37.8 Å². The van der Waals surface area contributed by atoms with E-state index < -0.39 is 0 Å². The van der Waals surface area contributed by atoms with Gasteiger partial charge in [0.2, 0.25) is 5.82 Å². The second kappa shape index (κ2) is 4.71. The van der Waals surface area contributed by atoms with Crippen LogP contribution in [-0.4, -0.2) is 53.2 Å². The Labute approximate surface area is 116 Å². The quantitative estimate of drug-likeness (QED) is 0.584. The molecule has 0 aliphatic carbocycles. The summed E-state index contributed by atoms with van der Waals surface area (Å²) in [6.07, 6.45) is 0.828. The van der Waals surface area contributed by atoms with Crippen molar-refractivity contribution in [3.05, 3.63) is 15.8 Å². The van der Waals surface area contributed by atoms with E-state index in [0.29, 0.717) is 44.4 Å². The minimum atomic E-state index is -0.356. The molecule has 2 saturated heterocycles. The van der Waals surface area contributed by atoms with Crippen molar-refractivity contribution in [2.45, 2.75) is 18.9 Å². The van der Waals surface area contributed by atoms with E-state index in [0.717, 1.165) is 6.42 Å². The predicted molar refractivity (Wildman–Crippen MR) is 70.9 cm³/mol. The molecule has 8 heteroatoms. The Hall–Kier alpha value is -1.67. The van der Waals surface area contributed by atoms with Crippen LogP contribution in [0.15, 0.2) is 0 Å². The number of aromatic nitrogens is 2. The third kappa shape index (κ3) is 2.04. The van der Waals surface area contributed by atoms with Gasteiger partial charge in [0.15, 0.2) is 0 Å². The number of anilines is 1. The van der Waals surface area contributed by atoms with Gasteiger partial charge >= 0.3 is 5.69 Å². The maximum Gasteiger partial charge on any atom is 0.333 e. The van der Waals surface area contributed by atoms with Crippen LogP contribution in [0.5, 0.6) is 0 Å². The molecule has 0 saturated carbocycles. The van der Waals surface area contributed by atoms with E-state index >= 15 is 0 Å². The summed E-state index contributed by atoms with van der Waals surface area (Å²) in [5.41, 5.74) is 0.198. The fraction of sp³-hybridized carbons (Fsp3) is 0.750. The van der Waals surface area contributed by atoms with Gasteiger partial charge < -0.3 is 14.4 Å². The summed E-state index contributed by atoms with van der Waals surface area (Å²) in [6.45, 7) is 4.67. The first kappa shape index (κ1) is 13.3. The first-order chi connectivity index (χ1) is 9.52. The van der Waals surface area contributed by atoms with Crippen molar-refractivity contribution in [1.29, 1.82) is 0 Å². The second-order valence-corrected chi connectivity index (χ2v) is 5.39. The number of nitrogens with zero attached hydrogens (tertiary/aromatic N) is 4. The number of morpholine rings is 1. The summed E-state index contributed by atoms with van der Waals surface area (Å²) in [5.74, 6) is 0.557. The number of hydrogen-bond donors (Lipinski definition) is 0. The molecular weight excluding hydrogens is 264 g/mol. The van der Waals surface area contributed by atoms with Crippen molar-refractivity contribution in [1.82, 2.24) is 9.78 Å². The van der Waals surface area contributed by atoms with E-state index in [1.54, 1.807) is 18.7 Å². The van der Waals surface area contributed by atoms with Crippen LogP contribution in [0.25, 0.3) is 0 Å². The fourth-order valence-electron chi connectivity index (χ4n) is 3.06. The van der Waals surface area contributed by atoms with Crippen LogP contribution in [0.3, 0.4) is 0 Å². The Kier molecular flexibility index (Phi) is 3.14. The highest BCUT2D eigenvalue weighted by Gasteiger charge is 2.43. The first-order valence-corrected chi connectivity index (χ1v) is 6.67. The number of nitro groups is 1. The van der Waals surface area contributed by atoms with Gasteiger partial charge in [0.1, 0.15) is 11.3 Å². The topological polar surface area (TPSA) is 82.7 Å². The van der Waals surface area contributed by atoms with E-state index in [-0.39, 0.29) is 16.2 Å². The molecule has 110 valence electrons. The zero-order chi connectivity index (χ0) is 14.3. The minimum Gasteiger partial charge on any atom is -0.378 e. The summed E-state index contributed by atoms with van der Waals surface area (Å²) in [5, 5.41) is 15.5. The van der Waals surface area contributed by atoms with Gasteiger partial charge in [-0.2, -0.15) is 5.10 Å². The SMILES string of the molecule is Cc1nn(C)c(N2CCOC3(CCOC3)C2)c1[N+](=O)[O-]. The molecule has 0 N–H and O–H groups in total. The van der Waals surface area contributed by atoms with Crippen LogP contribution in [-0.2, 0) is 16.5 Å². The molecule has 0 radical (unpaired) electrons. The Morgan fingerprint density at radius 2 is 2.25 bits per heavy atom. The van der Waals surface area contributed by atoms with E-state index in [1.165, 1.54) is 0 Å². The van der Waals surface area contributed by atoms with Crippen LogP contribution < -0.4 is 4.90 Å². The molecule has 2 aliphatic heterocycles. The van der Waals surface area contributed by atoms with Crippen molar-refractivity contribution in [3.8, 4) is 0 Å². The molecule has 1 unspecified atom stereocenters. The van der Waals surface area contributed by atoms with Crippen LogP contribution in [0.1, 0.15) is 12.1 Å². The van der Waals surface area contributed by atoms with Gasteiger partial charge in [-0.05, 0) is 6.92 Å². The van der Waals surface area contributed by atoms with E-state index in [1.807, 2.05) is 4.90 Å². The van der Waals surface area contributed by atoms with Crippen LogP contribution >= 0.6 is 0 Å². The minimum absolute atomic E-state index is 0.0865. The van der Waals surface area contributed by atoms with Crippen LogP contribution in [0.4, 0.5) is 11.5 Å². The Bertz CT molecular complexity index is 536. The molecule has 1 aromatic rings. The summed E-state index contributed by atoms with van der Waals surface area (Å²) < 4.78 is 12.9. The number of hydrogen-bond acceptors (Lipinski definition) is 6. The zero-order valence-corrected chi connectivity index (χ0v) is 11.7. The van der Waals surface area contributed by atoms with Gasteiger partial charge in [-0.15, -0.1) is 0 Å². The molecule has 1 spiro atoms. The zero-order valence-electron chi connectivity index (χ0n) is 11.7. The summed E-state index contributed by atoms with van der Waals surface area (Å²) in [4.78, 5) is 12.9. The molecule has 1 aromatic heterocycles. The molecule has 20 heavy (non-hydrogen) atoms. The lowest BCUT2D eigenvalue weighted by atomic mass is 10.0. The van der Waals surface area contributed by atoms with Crippen molar-refractivity contribution >= 4 is 11.5 Å². The Balaban J connectivity index is 1.94. The average molecular weight is 282 g/mol. The molecule has 3 rings (SSSR count). The molecule has 3 heterocycles.